The molecule has 1 saturated heterocycles. The van der Waals surface area contributed by atoms with Gasteiger partial charge in [-0.2, -0.15) is 0 Å². The Morgan fingerprint density at radius 1 is 1.27 bits per heavy atom. The molecule has 0 aromatic heterocycles. The molecule has 2 atom stereocenters. The summed E-state index contributed by atoms with van der Waals surface area (Å²) < 4.78 is 10.8. The Kier molecular flexibility index (Phi) is 7.26. The molecule has 3 amide bonds. The van der Waals surface area contributed by atoms with Crippen LogP contribution in [0.25, 0.3) is 0 Å². The van der Waals surface area contributed by atoms with Crippen molar-refractivity contribution < 1.29 is 24.0 Å². The van der Waals surface area contributed by atoms with Crippen LogP contribution < -0.4 is 25.0 Å². The molecule has 0 bridgehead atoms. The lowest BCUT2D eigenvalue weighted by Crippen LogP contribution is -3.11. The Balaban J connectivity index is 1.99. The summed E-state index contributed by atoms with van der Waals surface area (Å²) >= 11 is 0. The van der Waals surface area contributed by atoms with Crippen molar-refractivity contribution in [3.8, 4) is 11.5 Å². The number of nitrogens with one attached hydrogen (secondary N) is 3. The fourth-order valence-corrected chi connectivity index (χ4v) is 3.32. The topological polar surface area (TPSA) is 81.1 Å². The summed E-state index contributed by atoms with van der Waals surface area (Å²) in [5.74, 6) is 1.58. The van der Waals surface area contributed by atoms with Crippen molar-refractivity contribution in [2.45, 2.75) is 32.7 Å². The number of carbonyl (C=O) groups is 2. The molecule has 0 aliphatic carbocycles. The van der Waals surface area contributed by atoms with Crippen molar-refractivity contribution in [2.75, 3.05) is 33.9 Å². The lowest BCUT2D eigenvalue weighted by atomic mass is 10.0. The minimum absolute atomic E-state index is 0.167. The summed E-state index contributed by atoms with van der Waals surface area (Å²) in [5, 5.41) is 5.12. The van der Waals surface area contributed by atoms with E-state index in [2.05, 4.69) is 10.6 Å². The Hall–Kier alpha value is -2.28. The van der Waals surface area contributed by atoms with E-state index >= 15 is 0 Å². The van der Waals surface area contributed by atoms with E-state index in [1.165, 1.54) is 0 Å². The van der Waals surface area contributed by atoms with Gasteiger partial charge in [-0.3, -0.25) is 10.1 Å². The van der Waals surface area contributed by atoms with Gasteiger partial charge in [0, 0.05) is 25.5 Å². The van der Waals surface area contributed by atoms with Gasteiger partial charge in [-0.15, -0.1) is 0 Å². The molecule has 26 heavy (non-hydrogen) atoms. The van der Waals surface area contributed by atoms with E-state index in [1.54, 1.807) is 14.2 Å². The number of methoxy groups -OCH3 is 2. The number of likely N-dealkylation sites (tertiary alicyclic amines) is 1. The van der Waals surface area contributed by atoms with Gasteiger partial charge in [0.2, 0.25) is 0 Å². The highest BCUT2D eigenvalue weighted by molar-refractivity contribution is 5.94. The van der Waals surface area contributed by atoms with E-state index in [1.807, 2.05) is 32.0 Å². The first-order valence-corrected chi connectivity index (χ1v) is 9.08. The highest BCUT2D eigenvalue weighted by atomic mass is 16.5. The number of hydrogen-bond donors (Lipinski definition) is 3. The zero-order chi connectivity index (χ0) is 19.1. The van der Waals surface area contributed by atoms with Gasteiger partial charge in [0.05, 0.1) is 26.3 Å². The van der Waals surface area contributed by atoms with Crippen LogP contribution in [0.2, 0.25) is 0 Å². The van der Waals surface area contributed by atoms with Crippen LogP contribution in [-0.2, 0) is 4.79 Å². The molecule has 2 rings (SSSR count). The summed E-state index contributed by atoms with van der Waals surface area (Å²) in [7, 11) is 3.26. The van der Waals surface area contributed by atoms with E-state index in [9.17, 15) is 9.59 Å². The van der Waals surface area contributed by atoms with Gasteiger partial charge in [-0.25, -0.2) is 4.79 Å². The zero-order valence-electron chi connectivity index (χ0n) is 16.1. The molecule has 7 nitrogen and oxygen atoms in total. The van der Waals surface area contributed by atoms with E-state index in [0.717, 1.165) is 41.3 Å². The molecule has 1 aliphatic heterocycles. The maximum atomic E-state index is 12.2. The Morgan fingerprint density at radius 2 is 2.04 bits per heavy atom. The van der Waals surface area contributed by atoms with Crippen molar-refractivity contribution in [3.63, 3.8) is 0 Å². The minimum Gasteiger partial charge on any atom is -0.497 e. The fourth-order valence-electron chi connectivity index (χ4n) is 3.32. The molecule has 0 saturated carbocycles. The van der Waals surface area contributed by atoms with Crippen molar-refractivity contribution in [1.29, 1.82) is 0 Å². The number of urea groups is 1. The summed E-state index contributed by atoms with van der Waals surface area (Å²) in [6.45, 7) is 5.70. The van der Waals surface area contributed by atoms with Crippen LogP contribution in [0.3, 0.4) is 0 Å². The third-order valence-corrected chi connectivity index (χ3v) is 4.61. The number of amides is 3. The Morgan fingerprint density at radius 3 is 2.69 bits per heavy atom. The molecule has 1 aliphatic rings. The maximum Gasteiger partial charge on any atom is 0.321 e. The molecular formula is C19H30N3O4+. The molecule has 1 heterocycles. The Labute approximate surface area is 155 Å². The second-order valence-corrected chi connectivity index (χ2v) is 7.04. The minimum atomic E-state index is -0.430. The van der Waals surface area contributed by atoms with Crippen molar-refractivity contribution in [3.05, 3.63) is 23.8 Å². The van der Waals surface area contributed by atoms with Crippen LogP contribution >= 0.6 is 0 Å². The van der Waals surface area contributed by atoms with Crippen molar-refractivity contribution in [1.82, 2.24) is 10.6 Å². The number of rotatable bonds is 7. The second-order valence-electron chi connectivity index (χ2n) is 7.04. The maximum absolute atomic E-state index is 12.2. The highest BCUT2D eigenvalue weighted by Crippen LogP contribution is 2.31. The largest absolute Gasteiger partial charge is 0.497 e. The second kappa shape index (κ2) is 9.43. The molecule has 1 aromatic carbocycles. The number of benzene rings is 1. The molecule has 144 valence electrons. The van der Waals surface area contributed by atoms with Crippen molar-refractivity contribution in [2.24, 2.45) is 5.92 Å². The molecule has 0 radical (unpaired) electrons. The average Bonchev–Trinajstić information content (AvgIpc) is 3.06. The SMILES string of the molecule is COc1ccc([C@H]2CCC[NH+]2CC(=O)NC(=O)NCC(C)C)c(OC)c1. The van der Waals surface area contributed by atoms with Gasteiger partial charge in [0.15, 0.2) is 6.54 Å². The number of hydrogen-bond acceptors (Lipinski definition) is 4. The van der Waals surface area contributed by atoms with Gasteiger partial charge in [-0.05, 0) is 18.1 Å². The summed E-state index contributed by atoms with van der Waals surface area (Å²) in [6.07, 6.45) is 2.01. The van der Waals surface area contributed by atoms with Gasteiger partial charge >= 0.3 is 6.03 Å². The first-order chi connectivity index (χ1) is 12.4. The number of carbonyl (C=O) groups excluding carboxylic acids is 2. The van der Waals surface area contributed by atoms with Crippen LogP contribution in [-0.4, -0.2) is 45.8 Å². The quantitative estimate of drug-likeness (QED) is 0.672. The standard InChI is InChI=1S/C19H29N3O4/c1-13(2)11-20-19(24)21-18(23)12-22-9-5-6-16(22)15-8-7-14(25-3)10-17(15)26-4/h7-8,10,13,16H,5-6,9,11-12H2,1-4H3,(H2,20,21,23,24)/p+1/t16-/m1/s1. The highest BCUT2D eigenvalue weighted by Gasteiger charge is 2.34. The van der Waals surface area contributed by atoms with Crippen molar-refractivity contribution >= 4 is 11.9 Å². The molecule has 1 aromatic rings. The van der Waals surface area contributed by atoms with E-state index in [-0.39, 0.29) is 18.5 Å². The summed E-state index contributed by atoms with van der Waals surface area (Å²) in [6, 6.07) is 5.51. The third kappa shape index (κ3) is 5.36. The van der Waals surface area contributed by atoms with E-state index in [0.29, 0.717) is 12.5 Å². The zero-order valence-corrected chi connectivity index (χ0v) is 16.1. The monoisotopic (exact) mass is 364 g/mol. The van der Waals surface area contributed by atoms with Gasteiger partial charge in [0.25, 0.3) is 5.91 Å². The molecular weight excluding hydrogens is 334 g/mol. The lowest BCUT2D eigenvalue weighted by molar-refractivity contribution is -0.910. The normalized spacial score (nSPS) is 19.3. The van der Waals surface area contributed by atoms with Crippen LogP contribution in [0, 0.1) is 5.92 Å². The first kappa shape index (κ1) is 20.0. The summed E-state index contributed by atoms with van der Waals surface area (Å²) in [4.78, 5) is 25.2. The third-order valence-electron chi connectivity index (χ3n) is 4.61. The van der Waals surface area contributed by atoms with E-state index in [4.69, 9.17) is 9.47 Å². The number of imide groups is 1. The average molecular weight is 364 g/mol. The van der Waals surface area contributed by atoms with Gasteiger partial charge in [-0.1, -0.05) is 13.8 Å². The lowest BCUT2D eigenvalue weighted by Gasteiger charge is -2.23. The molecule has 7 heteroatoms. The molecule has 3 N–H and O–H groups in total. The number of quaternary nitrogens is 1. The number of ether oxygens (including phenoxy) is 2. The Bertz CT molecular complexity index is 633. The van der Waals surface area contributed by atoms with Crippen LogP contribution in [0.15, 0.2) is 18.2 Å². The van der Waals surface area contributed by atoms with Crippen LogP contribution in [0.4, 0.5) is 4.79 Å². The molecule has 0 spiro atoms. The first-order valence-electron chi connectivity index (χ1n) is 9.08. The predicted octanol–water partition coefficient (Wildman–Crippen LogP) is 0.905. The summed E-state index contributed by atoms with van der Waals surface area (Å²) in [5.41, 5.74) is 1.07. The predicted molar refractivity (Wildman–Crippen MR) is 98.6 cm³/mol. The van der Waals surface area contributed by atoms with Crippen LogP contribution in [0.1, 0.15) is 38.3 Å². The molecule has 1 fully saturated rings. The fraction of sp³-hybridized carbons (Fsp3) is 0.579. The van der Waals surface area contributed by atoms with E-state index < -0.39 is 6.03 Å². The van der Waals surface area contributed by atoms with Crippen LogP contribution in [0.5, 0.6) is 11.5 Å². The van der Waals surface area contributed by atoms with Gasteiger partial charge < -0.3 is 19.7 Å². The molecule has 1 unspecified atom stereocenters. The van der Waals surface area contributed by atoms with Gasteiger partial charge in [0.1, 0.15) is 17.5 Å². The smallest absolute Gasteiger partial charge is 0.321 e.